The molecule has 0 aromatic rings. The smallest absolute Gasteiger partial charge is 0.0194 e. The summed E-state index contributed by atoms with van der Waals surface area (Å²) in [4.78, 5) is 0. The highest BCUT2D eigenvalue weighted by molar-refractivity contribution is 4.92. The molecular formula is C12H26N2. The van der Waals surface area contributed by atoms with Crippen LogP contribution in [-0.4, -0.2) is 25.2 Å². The molecule has 2 N–H and O–H groups in total. The second kappa shape index (κ2) is 6.41. The first-order chi connectivity index (χ1) is 6.91. The maximum atomic E-state index is 3.73. The van der Waals surface area contributed by atoms with Crippen LogP contribution in [0.15, 0.2) is 0 Å². The lowest BCUT2D eigenvalue weighted by molar-refractivity contribution is 0.229. The van der Waals surface area contributed by atoms with Gasteiger partial charge in [-0.15, -0.1) is 0 Å². The van der Waals surface area contributed by atoms with Crippen LogP contribution in [0.25, 0.3) is 0 Å². The Morgan fingerprint density at radius 1 is 0.786 bits per heavy atom. The van der Waals surface area contributed by atoms with Crippen molar-refractivity contribution in [3.05, 3.63) is 0 Å². The molecule has 1 atom stereocenters. The number of piperidine rings is 1. The first-order valence-corrected chi connectivity index (χ1v) is 6.37. The highest BCUT2D eigenvalue weighted by Crippen LogP contribution is 2.28. The van der Waals surface area contributed by atoms with E-state index >= 15 is 0 Å². The molecular weight excluding hydrogens is 172 g/mol. The Kier molecular flexibility index (Phi) is 5.49. The lowest BCUT2D eigenvalue weighted by Crippen LogP contribution is -2.48. The van der Waals surface area contributed by atoms with Crippen LogP contribution >= 0.6 is 0 Å². The van der Waals surface area contributed by atoms with Crippen LogP contribution in [0.2, 0.25) is 0 Å². The summed E-state index contributed by atoms with van der Waals surface area (Å²) in [6.45, 7) is 7.69. The minimum absolute atomic E-state index is 0.530. The molecule has 2 nitrogen and oxygen atoms in total. The highest BCUT2D eigenvalue weighted by atomic mass is 15.0. The average Bonchev–Trinajstić information content (AvgIpc) is 2.48. The first kappa shape index (κ1) is 12.0. The van der Waals surface area contributed by atoms with Gasteiger partial charge in [0.25, 0.3) is 0 Å². The van der Waals surface area contributed by atoms with Gasteiger partial charge >= 0.3 is 0 Å². The maximum absolute atomic E-state index is 3.73. The van der Waals surface area contributed by atoms with Crippen molar-refractivity contribution in [2.75, 3.05) is 19.6 Å². The van der Waals surface area contributed by atoms with Gasteiger partial charge in [0.05, 0.1) is 0 Å². The standard InChI is InChI=1S/C10H20N2.C2H6/c1-2-8-12-10(4-1)5-3-7-11-9-6-10;1-2/h11-12H,1-9H2;1-2H3. The lowest BCUT2D eigenvalue weighted by atomic mass is 9.83. The Morgan fingerprint density at radius 2 is 1.57 bits per heavy atom. The van der Waals surface area contributed by atoms with Gasteiger partial charge in [0, 0.05) is 5.54 Å². The van der Waals surface area contributed by atoms with Gasteiger partial charge in [0.1, 0.15) is 0 Å². The third kappa shape index (κ3) is 3.25. The summed E-state index contributed by atoms with van der Waals surface area (Å²) in [7, 11) is 0. The minimum atomic E-state index is 0.530. The quantitative estimate of drug-likeness (QED) is 0.624. The van der Waals surface area contributed by atoms with Crippen LogP contribution < -0.4 is 10.6 Å². The zero-order valence-corrected chi connectivity index (χ0v) is 9.86. The van der Waals surface area contributed by atoms with Gasteiger partial charge in [-0.3, -0.25) is 0 Å². The molecule has 2 aliphatic rings. The maximum Gasteiger partial charge on any atom is 0.0194 e. The van der Waals surface area contributed by atoms with Crippen molar-refractivity contribution in [2.24, 2.45) is 0 Å². The van der Waals surface area contributed by atoms with E-state index in [0.29, 0.717) is 5.54 Å². The third-order valence-corrected chi connectivity index (χ3v) is 3.37. The summed E-state index contributed by atoms with van der Waals surface area (Å²) >= 11 is 0. The van der Waals surface area contributed by atoms with E-state index in [1.807, 2.05) is 13.8 Å². The SMILES string of the molecule is C1CCC2(CCCNCC2)NC1.CC. The number of nitrogens with one attached hydrogen (secondary N) is 2. The Labute approximate surface area is 88.8 Å². The second-order valence-corrected chi connectivity index (χ2v) is 4.27. The number of hydrogen-bond acceptors (Lipinski definition) is 2. The average molecular weight is 198 g/mol. The molecule has 2 fully saturated rings. The predicted molar refractivity (Wildman–Crippen MR) is 62.7 cm³/mol. The van der Waals surface area contributed by atoms with Crippen molar-refractivity contribution in [2.45, 2.75) is 57.9 Å². The predicted octanol–water partition coefficient (Wildman–Crippen LogP) is 2.30. The zero-order chi connectivity index (χ0) is 10.3. The minimum Gasteiger partial charge on any atom is -0.317 e. The number of hydrogen-bond donors (Lipinski definition) is 2. The fraction of sp³-hybridized carbons (Fsp3) is 1.00. The highest BCUT2D eigenvalue weighted by Gasteiger charge is 2.31. The van der Waals surface area contributed by atoms with Crippen LogP contribution in [-0.2, 0) is 0 Å². The van der Waals surface area contributed by atoms with Crippen molar-refractivity contribution in [3.63, 3.8) is 0 Å². The summed E-state index contributed by atoms with van der Waals surface area (Å²) in [5.41, 5.74) is 0.530. The summed E-state index contributed by atoms with van der Waals surface area (Å²) in [5.74, 6) is 0. The molecule has 84 valence electrons. The Hall–Kier alpha value is -0.0800. The molecule has 2 rings (SSSR count). The second-order valence-electron chi connectivity index (χ2n) is 4.27. The molecule has 0 aliphatic carbocycles. The van der Waals surface area contributed by atoms with Gasteiger partial charge in [-0.05, 0) is 51.7 Å². The van der Waals surface area contributed by atoms with Crippen molar-refractivity contribution >= 4 is 0 Å². The Bertz CT molecular complexity index is 129. The van der Waals surface area contributed by atoms with E-state index < -0.39 is 0 Å². The Morgan fingerprint density at radius 3 is 2.29 bits per heavy atom. The molecule has 0 saturated carbocycles. The molecule has 14 heavy (non-hydrogen) atoms. The van der Waals surface area contributed by atoms with E-state index in [-0.39, 0.29) is 0 Å². The molecule has 1 unspecified atom stereocenters. The molecule has 2 heterocycles. The van der Waals surface area contributed by atoms with Gasteiger partial charge < -0.3 is 10.6 Å². The van der Waals surface area contributed by atoms with Crippen LogP contribution in [0.1, 0.15) is 52.4 Å². The fourth-order valence-corrected chi connectivity index (χ4v) is 2.59. The molecule has 2 aliphatic heterocycles. The van der Waals surface area contributed by atoms with E-state index in [1.165, 1.54) is 58.2 Å². The molecule has 1 spiro atoms. The Balaban J connectivity index is 0.000000461. The van der Waals surface area contributed by atoms with E-state index in [2.05, 4.69) is 10.6 Å². The van der Waals surface area contributed by atoms with Crippen molar-refractivity contribution < 1.29 is 0 Å². The van der Waals surface area contributed by atoms with Gasteiger partial charge in [0.15, 0.2) is 0 Å². The summed E-state index contributed by atoms with van der Waals surface area (Å²) in [6.07, 6.45) is 8.32. The monoisotopic (exact) mass is 198 g/mol. The summed E-state index contributed by atoms with van der Waals surface area (Å²) < 4.78 is 0. The van der Waals surface area contributed by atoms with E-state index in [9.17, 15) is 0 Å². The largest absolute Gasteiger partial charge is 0.317 e. The fourth-order valence-electron chi connectivity index (χ4n) is 2.59. The molecule has 0 aromatic heterocycles. The van der Waals surface area contributed by atoms with E-state index in [4.69, 9.17) is 0 Å². The molecule has 2 saturated heterocycles. The van der Waals surface area contributed by atoms with Gasteiger partial charge in [-0.25, -0.2) is 0 Å². The lowest BCUT2D eigenvalue weighted by Gasteiger charge is -2.37. The summed E-state index contributed by atoms with van der Waals surface area (Å²) in [5, 5.41) is 7.21. The van der Waals surface area contributed by atoms with Crippen molar-refractivity contribution in [1.82, 2.24) is 10.6 Å². The van der Waals surface area contributed by atoms with Crippen molar-refractivity contribution in [1.29, 1.82) is 0 Å². The zero-order valence-electron chi connectivity index (χ0n) is 9.86. The van der Waals surface area contributed by atoms with E-state index in [1.54, 1.807) is 0 Å². The first-order valence-electron chi connectivity index (χ1n) is 6.37. The van der Waals surface area contributed by atoms with Gasteiger partial charge in [-0.1, -0.05) is 20.3 Å². The van der Waals surface area contributed by atoms with Crippen LogP contribution in [0.5, 0.6) is 0 Å². The van der Waals surface area contributed by atoms with Crippen molar-refractivity contribution in [3.8, 4) is 0 Å². The van der Waals surface area contributed by atoms with Gasteiger partial charge in [-0.2, -0.15) is 0 Å². The van der Waals surface area contributed by atoms with Crippen LogP contribution in [0, 0.1) is 0 Å². The molecule has 0 aromatic carbocycles. The van der Waals surface area contributed by atoms with Crippen LogP contribution in [0.4, 0.5) is 0 Å². The van der Waals surface area contributed by atoms with Crippen LogP contribution in [0.3, 0.4) is 0 Å². The third-order valence-electron chi connectivity index (χ3n) is 3.37. The number of rotatable bonds is 0. The summed E-state index contributed by atoms with van der Waals surface area (Å²) in [6, 6.07) is 0. The molecule has 0 radical (unpaired) electrons. The molecule has 0 amide bonds. The molecule has 0 bridgehead atoms. The molecule has 2 heteroatoms. The normalized spacial score (nSPS) is 33.0. The van der Waals surface area contributed by atoms with Gasteiger partial charge in [0.2, 0.25) is 0 Å². The van der Waals surface area contributed by atoms with E-state index in [0.717, 1.165) is 0 Å². The topological polar surface area (TPSA) is 24.1 Å².